The number of ether oxygens (including phenoxy) is 2. The van der Waals surface area contributed by atoms with Crippen LogP contribution in [0.2, 0.25) is 0 Å². The number of nitrogens with one attached hydrogen (secondary N) is 2. The standard InChI is InChI=1S/C25H28N4O7/c1-5-14(2)20(24(32)33)28-23(31)17-10-11-29-18(12-17)27-21(22(29)26-13-19(30)35-3)15-6-8-16(9-7-15)25(34)36-4/h6-12,14,20,26H,5,13H2,1-4H3,(H,28,31)(H,32,33). The Morgan fingerprint density at radius 1 is 1.06 bits per heavy atom. The van der Waals surface area contributed by atoms with Gasteiger partial charge in [-0.25, -0.2) is 14.6 Å². The summed E-state index contributed by atoms with van der Waals surface area (Å²) in [5.41, 5.74) is 2.09. The minimum Gasteiger partial charge on any atom is -0.480 e. The average Bonchev–Trinajstić information content (AvgIpc) is 3.26. The number of pyridine rings is 1. The Hall–Kier alpha value is -4.41. The molecule has 0 saturated heterocycles. The molecule has 0 aliphatic carbocycles. The first-order valence-electron chi connectivity index (χ1n) is 11.2. The number of imidazole rings is 1. The fourth-order valence-corrected chi connectivity index (χ4v) is 3.57. The van der Waals surface area contributed by atoms with E-state index in [0.717, 1.165) is 0 Å². The van der Waals surface area contributed by atoms with E-state index in [4.69, 9.17) is 9.47 Å². The second-order valence-corrected chi connectivity index (χ2v) is 8.13. The van der Waals surface area contributed by atoms with Crippen molar-refractivity contribution in [3.8, 4) is 11.3 Å². The third-order valence-electron chi connectivity index (χ3n) is 5.86. The third-order valence-corrected chi connectivity index (χ3v) is 5.86. The predicted molar refractivity (Wildman–Crippen MR) is 131 cm³/mol. The van der Waals surface area contributed by atoms with Crippen LogP contribution < -0.4 is 10.6 Å². The van der Waals surface area contributed by atoms with Gasteiger partial charge in [0.15, 0.2) is 0 Å². The van der Waals surface area contributed by atoms with E-state index >= 15 is 0 Å². The number of hydrogen-bond donors (Lipinski definition) is 3. The molecule has 0 spiro atoms. The van der Waals surface area contributed by atoms with Gasteiger partial charge < -0.3 is 25.2 Å². The highest BCUT2D eigenvalue weighted by atomic mass is 16.5. The minimum atomic E-state index is -1.11. The molecule has 11 heteroatoms. The maximum absolute atomic E-state index is 12.8. The molecule has 3 rings (SSSR count). The van der Waals surface area contributed by atoms with Gasteiger partial charge in [-0.15, -0.1) is 0 Å². The molecule has 0 aliphatic heterocycles. The molecule has 1 aromatic carbocycles. The Morgan fingerprint density at radius 3 is 2.33 bits per heavy atom. The van der Waals surface area contributed by atoms with E-state index in [1.165, 1.54) is 26.4 Å². The van der Waals surface area contributed by atoms with Gasteiger partial charge in [-0.2, -0.15) is 0 Å². The van der Waals surface area contributed by atoms with Gasteiger partial charge in [0.25, 0.3) is 5.91 Å². The Labute approximate surface area is 207 Å². The molecule has 190 valence electrons. The summed E-state index contributed by atoms with van der Waals surface area (Å²) in [5.74, 6) is -2.40. The Bertz CT molecular complexity index is 1280. The van der Waals surface area contributed by atoms with E-state index in [-0.39, 0.29) is 18.0 Å². The van der Waals surface area contributed by atoms with Crippen molar-refractivity contribution < 1.29 is 33.8 Å². The van der Waals surface area contributed by atoms with Crippen LogP contribution in [0.5, 0.6) is 0 Å². The number of aliphatic carboxylic acids is 1. The van der Waals surface area contributed by atoms with Crippen LogP contribution in [0.3, 0.4) is 0 Å². The lowest BCUT2D eigenvalue weighted by molar-refractivity contribution is -0.140. The second-order valence-electron chi connectivity index (χ2n) is 8.13. The van der Waals surface area contributed by atoms with Gasteiger partial charge in [0, 0.05) is 17.3 Å². The van der Waals surface area contributed by atoms with Crippen molar-refractivity contribution in [3.05, 3.63) is 53.7 Å². The molecule has 2 unspecified atom stereocenters. The van der Waals surface area contributed by atoms with Crippen LogP contribution in [0.4, 0.5) is 5.82 Å². The highest BCUT2D eigenvalue weighted by Gasteiger charge is 2.26. The topological polar surface area (TPSA) is 148 Å². The fraction of sp³-hybridized carbons (Fsp3) is 0.320. The molecule has 3 aromatic rings. The molecule has 3 N–H and O–H groups in total. The molecule has 2 atom stereocenters. The highest BCUT2D eigenvalue weighted by Crippen LogP contribution is 2.29. The summed E-state index contributed by atoms with van der Waals surface area (Å²) in [4.78, 5) is 52.6. The second kappa shape index (κ2) is 11.3. The first-order valence-corrected chi connectivity index (χ1v) is 11.2. The minimum absolute atomic E-state index is 0.130. The Morgan fingerprint density at radius 2 is 1.75 bits per heavy atom. The molecule has 0 fully saturated rings. The van der Waals surface area contributed by atoms with E-state index < -0.39 is 29.9 Å². The van der Waals surface area contributed by atoms with Crippen LogP contribution in [0.1, 0.15) is 41.0 Å². The number of fused-ring (bicyclic) bond motifs is 1. The first-order chi connectivity index (χ1) is 17.2. The predicted octanol–water partition coefficient (Wildman–Crippen LogP) is 2.60. The van der Waals surface area contributed by atoms with Gasteiger partial charge in [0.05, 0.1) is 19.8 Å². The maximum atomic E-state index is 12.8. The molecule has 2 aromatic heterocycles. The zero-order valence-electron chi connectivity index (χ0n) is 20.4. The van der Waals surface area contributed by atoms with Crippen molar-refractivity contribution in [3.63, 3.8) is 0 Å². The molecular weight excluding hydrogens is 468 g/mol. The SMILES string of the molecule is CCC(C)C(NC(=O)c1ccn2c(NCC(=O)OC)c(-c3ccc(C(=O)OC)cc3)nc2c1)C(=O)O. The number of rotatable bonds is 10. The third kappa shape index (κ3) is 5.62. The highest BCUT2D eigenvalue weighted by molar-refractivity contribution is 5.98. The van der Waals surface area contributed by atoms with Gasteiger partial charge in [-0.3, -0.25) is 14.0 Å². The number of methoxy groups -OCH3 is 2. The normalized spacial score (nSPS) is 12.4. The van der Waals surface area contributed by atoms with E-state index in [9.17, 15) is 24.3 Å². The van der Waals surface area contributed by atoms with Crippen LogP contribution in [-0.4, -0.2) is 65.1 Å². The average molecular weight is 497 g/mol. The summed E-state index contributed by atoms with van der Waals surface area (Å²) in [6.45, 7) is 3.48. The Kier molecular flexibility index (Phi) is 8.26. The molecular formula is C25H28N4O7. The number of hydrogen-bond acceptors (Lipinski definition) is 8. The first kappa shape index (κ1) is 26.2. The molecule has 2 heterocycles. The van der Waals surface area contributed by atoms with Crippen molar-refractivity contribution in [1.82, 2.24) is 14.7 Å². The van der Waals surface area contributed by atoms with Crippen LogP contribution in [0.25, 0.3) is 16.9 Å². The van der Waals surface area contributed by atoms with E-state index in [0.29, 0.717) is 34.7 Å². The van der Waals surface area contributed by atoms with Crippen LogP contribution >= 0.6 is 0 Å². The van der Waals surface area contributed by atoms with Crippen molar-refractivity contribution in [1.29, 1.82) is 0 Å². The molecule has 1 amide bonds. The van der Waals surface area contributed by atoms with E-state index in [2.05, 4.69) is 15.6 Å². The van der Waals surface area contributed by atoms with Gasteiger partial charge in [0.1, 0.15) is 29.7 Å². The summed E-state index contributed by atoms with van der Waals surface area (Å²) in [5, 5.41) is 15.1. The van der Waals surface area contributed by atoms with E-state index in [1.54, 1.807) is 41.8 Å². The monoisotopic (exact) mass is 496 g/mol. The number of benzene rings is 1. The van der Waals surface area contributed by atoms with Gasteiger partial charge in [0.2, 0.25) is 0 Å². The van der Waals surface area contributed by atoms with Crippen molar-refractivity contribution in [2.45, 2.75) is 26.3 Å². The lowest BCUT2D eigenvalue weighted by Crippen LogP contribution is -2.45. The molecule has 36 heavy (non-hydrogen) atoms. The molecule has 0 radical (unpaired) electrons. The van der Waals surface area contributed by atoms with Crippen molar-refractivity contribution >= 4 is 35.3 Å². The number of aromatic nitrogens is 2. The fourth-order valence-electron chi connectivity index (χ4n) is 3.57. The zero-order chi connectivity index (χ0) is 26.4. The molecule has 0 saturated carbocycles. The van der Waals surface area contributed by atoms with Crippen LogP contribution in [0.15, 0.2) is 42.6 Å². The summed E-state index contributed by atoms with van der Waals surface area (Å²) in [7, 11) is 2.57. The lowest BCUT2D eigenvalue weighted by Gasteiger charge is -2.20. The number of carbonyl (C=O) groups excluding carboxylic acids is 3. The molecule has 0 bridgehead atoms. The van der Waals surface area contributed by atoms with Gasteiger partial charge in [-0.1, -0.05) is 32.4 Å². The number of nitrogens with zero attached hydrogens (tertiary/aromatic N) is 2. The number of carboxylic acids is 1. The quantitative estimate of drug-likeness (QED) is 0.360. The molecule has 0 aliphatic rings. The number of amides is 1. The summed E-state index contributed by atoms with van der Waals surface area (Å²) in [6, 6.07) is 8.60. The summed E-state index contributed by atoms with van der Waals surface area (Å²) >= 11 is 0. The summed E-state index contributed by atoms with van der Waals surface area (Å²) < 4.78 is 11.1. The number of carboxylic acid groups (broad SMARTS) is 1. The maximum Gasteiger partial charge on any atom is 0.337 e. The van der Waals surface area contributed by atoms with Crippen molar-refractivity contribution in [2.24, 2.45) is 5.92 Å². The number of esters is 2. The summed E-state index contributed by atoms with van der Waals surface area (Å²) in [6.07, 6.45) is 2.19. The number of anilines is 1. The lowest BCUT2D eigenvalue weighted by atomic mass is 9.99. The largest absolute Gasteiger partial charge is 0.480 e. The van der Waals surface area contributed by atoms with Crippen molar-refractivity contribution in [2.75, 3.05) is 26.1 Å². The van der Waals surface area contributed by atoms with Gasteiger partial charge >= 0.3 is 17.9 Å². The van der Waals surface area contributed by atoms with Crippen LogP contribution in [0, 0.1) is 5.92 Å². The Balaban J connectivity index is 2.01. The number of carbonyl (C=O) groups is 4. The zero-order valence-corrected chi connectivity index (χ0v) is 20.4. The smallest absolute Gasteiger partial charge is 0.337 e. The molecule has 11 nitrogen and oxygen atoms in total. The van der Waals surface area contributed by atoms with E-state index in [1.807, 2.05) is 6.92 Å². The van der Waals surface area contributed by atoms with Crippen LogP contribution in [-0.2, 0) is 19.1 Å². The van der Waals surface area contributed by atoms with Gasteiger partial charge in [-0.05, 0) is 30.2 Å².